The first-order valence-corrected chi connectivity index (χ1v) is 26.6. The summed E-state index contributed by atoms with van der Waals surface area (Å²) in [6.45, 7) is 7.25. The molecule has 0 unspecified atom stereocenters. The molecule has 2 saturated carbocycles. The fourth-order valence-electron chi connectivity index (χ4n) is 10.9. The lowest BCUT2D eigenvalue weighted by Crippen LogP contribution is -2.70. The SMILES string of the molecule is C=CCO[C@@]12Oc3ccc(OC(=O)NCCCCCCCCCCCC)cc3[C@H]3[C@H](CCCCO)[C@@H](CCCCO)C=C(C(=NOCc4ccc([N+](=O)[O-])cc4)C[C@@H]1N(CCOCCO)C(=O)C1CC1)[C@H]32. The zero-order valence-electron chi connectivity index (χ0n) is 42.0. The Morgan fingerprint density at radius 1 is 0.915 bits per heavy atom. The number of carbonyl (C=O) groups excluding carboxylic acids is 2. The number of carbonyl (C=O) groups is 2. The molecule has 0 radical (unpaired) electrons. The fraction of sp³-hybridized carbons (Fsp3) is 0.655. The zero-order chi connectivity index (χ0) is 50.4. The van der Waals surface area contributed by atoms with Gasteiger partial charge in [-0.1, -0.05) is 94.9 Å². The molecule has 0 spiro atoms. The van der Waals surface area contributed by atoms with E-state index in [9.17, 15) is 35.0 Å². The molecule has 4 N–H and O–H groups in total. The van der Waals surface area contributed by atoms with Crippen LogP contribution in [0.1, 0.15) is 146 Å². The highest BCUT2D eigenvalue weighted by Crippen LogP contribution is 2.62. The van der Waals surface area contributed by atoms with Crippen molar-refractivity contribution in [3.63, 3.8) is 0 Å². The third-order valence-corrected chi connectivity index (χ3v) is 14.5. The molecule has 2 amide bonds. The topological polar surface area (TPSA) is 212 Å². The van der Waals surface area contributed by atoms with Crippen LogP contribution in [0, 0.1) is 33.8 Å². The zero-order valence-corrected chi connectivity index (χ0v) is 42.0. The molecule has 4 aliphatic rings. The quantitative estimate of drug-likeness (QED) is 0.0223. The van der Waals surface area contributed by atoms with Crippen LogP contribution in [0.15, 0.2) is 71.9 Å². The van der Waals surface area contributed by atoms with Crippen molar-refractivity contribution in [2.45, 2.75) is 153 Å². The summed E-state index contributed by atoms with van der Waals surface area (Å²) in [5.74, 6) is -1.85. The molecule has 6 atom stereocenters. The Hall–Kier alpha value is -4.87. The van der Waals surface area contributed by atoms with Gasteiger partial charge < -0.3 is 49.3 Å². The largest absolute Gasteiger partial charge is 0.459 e. The van der Waals surface area contributed by atoms with Crippen LogP contribution in [0.4, 0.5) is 10.5 Å². The Morgan fingerprint density at radius 3 is 2.28 bits per heavy atom. The van der Waals surface area contributed by atoms with Gasteiger partial charge in [0.05, 0.1) is 43.0 Å². The van der Waals surface area contributed by atoms with Crippen molar-refractivity contribution in [2.24, 2.45) is 28.8 Å². The van der Waals surface area contributed by atoms with E-state index in [1.807, 2.05) is 17.0 Å². The number of fused-ring (bicyclic) bond motifs is 2. The highest BCUT2D eigenvalue weighted by Gasteiger charge is 2.66. The van der Waals surface area contributed by atoms with Crippen LogP contribution in [-0.2, 0) is 25.7 Å². The van der Waals surface area contributed by atoms with E-state index in [4.69, 9.17) is 28.9 Å². The highest BCUT2D eigenvalue weighted by atomic mass is 16.7. The molecule has 1 heterocycles. The number of aliphatic hydroxyl groups is 3. The van der Waals surface area contributed by atoms with Gasteiger partial charge in [0.2, 0.25) is 11.7 Å². The molecule has 6 rings (SSSR count). The van der Waals surface area contributed by atoms with E-state index < -0.39 is 28.8 Å². The van der Waals surface area contributed by atoms with Crippen LogP contribution in [0.2, 0.25) is 0 Å². The number of nitrogens with one attached hydrogen (secondary N) is 1. The molecule has 2 fully saturated rings. The van der Waals surface area contributed by atoms with Crippen molar-refractivity contribution in [1.82, 2.24) is 10.2 Å². The van der Waals surface area contributed by atoms with Gasteiger partial charge in [0.25, 0.3) is 5.69 Å². The monoisotopic (exact) mass is 989 g/mol. The van der Waals surface area contributed by atoms with Gasteiger partial charge in [-0.3, -0.25) is 14.9 Å². The first-order chi connectivity index (χ1) is 34.7. The summed E-state index contributed by atoms with van der Waals surface area (Å²) >= 11 is 0. The second kappa shape index (κ2) is 29.0. The summed E-state index contributed by atoms with van der Waals surface area (Å²) in [4.78, 5) is 47.0. The Bertz CT molecular complexity index is 2060. The average molecular weight is 989 g/mol. The van der Waals surface area contributed by atoms with E-state index in [0.717, 1.165) is 68.9 Å². The van der Waals surface area contributed by atoms with Crippen LogP contribution in [0.5, 0.6) is 11.5 Å². The molecular weight excluding hydrogens is 909 g/mol. The minimum atomic E-state index is -1.49. The van der Waals surface area contributed by atoms with Crippen LogP contribution in [0.25, 0.3) is 0 Å². The normalized spacial score (nSPS) is 22.7. The van der Waals surface area contributed by atoms with Crippen LogP contribution in [-0.4, -0.2) is 107 Å². The average Bonchev–Trinajstić information content (AvgIpc) is 4.23. The Kier molecular flexibility index (Phi) is 22.6. The maximum atomic E-state index is 14.7. The van der Waals surface area contributed by atoms with E-state index in [1.165, 1.54) is 57.1 Å². The number of allylic oxidation sites excluding steroid dienone is 1. The molecule has 0 aromatic heterocycles. The number of hydrogen-bond donors (Lipinski definition) is 4. The number of oxime groups is 1. The second-order valence-corrected chi connectivity index (χ2v) is 19.6. The number of nitro groups is 1. The molecule has 2 aromatic rings. The standard InChI is InChI=1S/C55H80N4O12/c1-3-5-6-7-8-9-10-11-12-15-28-56-54(64)70-44-26-27-49-47(37-44)51-45(19-14-17-31-61)42(18-13-16-30-60)36-46-48(57-69-39-40-20-24-43(25-21-40)59(65)66)38-50(55(71-49,52(46)51)68-33-4-2)58(29-34-67-35-32-62)53(63)41-22-23-41/h4,20-21,24-27,36-37,41-42,45,50-52,60-62H,2-3,5-19,22-23,28-35,38-39H2,1H3,(H,56,64)/t42-,45+,50-,51+,52+,55+/m0/s1. The fourth-order valence-corrected chi connectivity index (χ4v) is 10.9. The van der Waals surface area contributed by atoms with Crippen molar-refractivity contribution in [2.75, 3.05) is 52.7 Å². The summed E-state index contributed by atoms with van der Waals surface area (Å²) in [5.41, 5.74) is 2.90. The number of nitro benzene ring substituents is 1. The predicted octanol–water partition coefficient (Wildman–Crippen LogP) is 9.69. The first-order valence-electron chi connectivity index (χ1n) is 26.6. The molecule has 3 aliphatic carbocycles. The van der Waals surface area contributed by atoms with E-state index in [0.29, 0.717) is 42.2 Å². The number of rotatable bonds is 34. The van der Waals surface area contributed by atoms with Gasteiger partial charge in [-0.05, 0) is 98.2 Å². The molecule has 71 heavy (non-hydrogen) atoms. The number of aliphatic hydroxyl groups excluding tert-OH is 3. The highest BCUT2D eigenvalue weighted by molar-refractivity contribution is 6.03. The van der Waals surface area contributed by atoms with Crippen molar-refractivity contribution in [3.05, 3.63) is 88.0 Å². The number of benzene rings is 2. The molecule has 0 bridgehead atoms. The van der Waals surface area contributed by atoms with Gasteiger partial charge >= 0.3 is 6.09 Å². The third-order valence-electron chi connectivity index (χ3n) is 14.5. The van der Waals surface area contributed by atoms with E-state index >= 15 is 0 Å². The van der Waals surface area contributed by atoms with Crippen LogP contribution >= 0.6 is 0 Å². The lowest BCUT2D eigenvalue weighted by molar-refractivity contribution is -0.384. The van der Waals surface area contributed by atoms with Gasteiger partial charge in [-0.25, -0.2) is 4.79 Å². The van der Waals surface area contributed by atoms with Crippen molar-refractivity contribution >= 4 is 23.4 Å². The van der Waals surface area contributed by atoms with Crippen molar-refractivity contribution < 1.29 is 53.6 Å². The molecule has 2 aromatic carbocycles. The van der Waals surface area contributed by atoms with E-state index in [2.05, 4.69) is 24.9 Å². The molecule has 1 aliphatic heterocycles. The maximum absolute atomic E-state index is 14.7. The number of unbranched alkanes of at least 4 members (excludes halogenated alkanes) is 11. The number of amides is 2. The molecule has 16 nitrogen and oxygen atoms in total. The number of nitrogens with zero attached hydrogens (tertiary/aromatic N) is 3. The summed E-state index contributed by atoms with van der Waals surface area (Å²) in [6, 6.07) is 10.8. The van der Waals surface area contributed by atoms with Crippen molar-refractivity contribution in [1.29, 1.82) is 0 Å². The van der Waals surface area contributed by atoms with Gasteiger partial charge in [-0.2, -0.15) is 0 Å². The smallest absolute Gasteiger partial charge is 0.412 e. The first kappa shape index (κ1) is 55.4. The van der Waals surface area contributed by atoms with Gasteiger partial charge in [0.1, 0.15) is 24.1 Å². The van der Waals surface area contributed by atoms with E-state index in [1.54, 1.807) is 24.3 Å². The van der Waals surface area contributed by atoms with Gasteiger partial charge in [-0.15, -0.1) is 6.58 Å². The molecule has 0 saturated heterocycles. The minimum Gasteiger partial charge on any atom is -0.459 e. The summed E-state index contributed by atoms with van der Waals surface area (Å²) < 4.78 is 26.2. The third kappa shape index (κ3) is 15.3. The Balaban J connectivity index is 1.39. The Morgan fingerprint density at radius 2 is 1.62 bits per heavy atom. The van der Waals surface area contributed by atoms with Gasteiger partial charge in [0.15, 0.2) is 0 Å². The van der Waals surface area contributed by atoms with Crippen LogP contribution < -0.4 is 14.8 Å². The number of ether oxygens (including phenoxy) is 4. The number of non-ortho nitro benzene ring substituents is 1. The van der Waals surface area contributed by atoms with Crippen molar-refractivity contribution in [3.8, 4) is 11.5 Å². The lowest BCUT2D eigenvalue weighted by Gasteiger charge is -2.60. The summed E-state index contributed by atoms with van der Waals surface area (Å²) in [7, 11) is 0. The predicted molar refractivity (Wildman–Crippen MR) is 271 cm³/mol. The number of hydrogen-bond acceptors (Lipinski definition) is 13. The second-order valence-electron chi connectivity index (χ2n) is 19.6. The lowest BCUT2D eigenvalue weighted by atomic mass is 9.55. The Labute approximate surface area is 420 Å². The minimum absolute atomic E-state index is 0.0242. The van der Waals surface area contributed by atoms with E-state index in [-0.39, 0.29) is 94.5 Å². The van der Waals surface area contributed by atoms with Gasteiger partial charge in [0, 0.05) is 62.3 Å². The molecule has 16 heteroatoms. The van der Waals surface area contributed by atoms with Crippen LogP contribution in [0.3, 0.4) is 0 Å². The molecule has 392 valence electrons. The summed E-state index contributed by atoms with van der Waals surface area (Å²) in [6.07, 6.45) is 21.2. The molecular formula is C55H80N4O12. The maximum Gasteiger partial charge on any atom is 0.412 e. The summed E-state index contributed by atoms with van der Waals surface area (Å²) in [5, 5.41) is 48.8.